The largest absolute Gasteiger partial charge is 0.493 e. The third-order valence-corrected chi connectivity index (χ3v) is 4.63. The number of anilines is 1. The van der Waals surface area contributed by atoms with Gasteiger partial charge in [-0.05, 0) is 36.4 Å². The molecule has 8 nitrogen and oxygen atoms in total. The average molecular weight is 399 g/mol. The summed E-state index contributed by atoms with van der Waals surface area (Å²) >= 11 is 0. The zero-order chi connectivity index (χ0) is 21.0. The van der Waals surface area contributed by atoms with Gasteiger partial charge in [-0.25, -0.2) is 4.79 Å². The Bertz CT molecular complexity index is 923. The Hall–Kier alpha value is -3.55. The van der Waals surface area contributed by atoms with Crippen LogP contribution in [-0.2, 0) is 14.3 Å². The van der Waals surface area contributed by atoms with E-state index in [4.69, 9.17) is 14.2 Å². The smallest absolute Gasteiger partial charge is 0.337 e. The Labute approximate surface area is 167 Å². The summed E-state index contributed by atoms with van der Waals surface area (Å²) in [6.07, 6.45) is 0.0490. The SMILES string of the molecule is COC(=O)c1ccc(OC(=O)C2CC(=O)N(c3ccc(OC)c(OC)c3)C2)cc1. The van der Waals surface area contributed by atoms with Gasteiger partial charge in [0.25, 0.3) is 0 Å². The van der Waals surface area contributed by atoms with Gasteiger partial charge in [0.05, 0.1) is 32.8 Å². The highest BCUT2D eigenvalue weighted by atomic mass is 16.5. The molecule has 29 heavy (non-hydrogen) atoms. The summed E-state index contributed by atoms with van der Waals surface area (Å²) in [6.45, 7) is 0.202. The normalized spacial score (nSPS) is 15.8. The van der Waals surface area contributed by atoms with Crippen LogP contribution in [0.2, 0.25) is 0 Å². The molecule has 1 heterocycles. The molecule has 0 aromatic heterocycles. The van der Waals surface area contributed by atoms with Crippen molar-refractivity contribution in [2.24, 2.45) is 5.92 Å². The van der Waals surface area contributed by atoms with Gasteiger partial charge in [0.2, 0.25) is 5.91 Å². The lowest BCUT2D eigenvalue weighted by Gasteiger charge is -2.18. The lowest BCUT2D eigenvalue weighted by Crippen LogP contribution is -2.27. The molecule has 152 valence electrons. The van der Waals surface area contributed by atoms with Crippen molar-refractivity contribution in [2.45, 2.75) is 6.42 Å². The van der Waals surface area contributed by atoms with E-state index in [0.717, 1.165) is 0 Å². The number of esters is 2. The quantitative estimate of drug-likeness (QED) is 0.544. The first-order chi connectivity index (χ1) is 14.0. The molecule has 3 rings (SSSR count). The maximum atomic E-state index is 12.5. The molecule has 2 aromatic rings. The Morgan fingerprint density at radius 2 is 1.66 bits per heavy atom. The molecule has 1 fully saturated rings. The second-order valence-electron chi connectivity index (χ2n) is 6.38. The molecular formula is C21H21NO7. The van der Waals surface area contributed by atoms with E-state index in [9.17, 15) is 14.4 Å². The van der Waals surface area contributed by atoms with Crippen LogP contribution in [-0.4, -0.2) is 45.7 Å². The molecular weight excluding hydrogens is 378 g/mol. The molecule has 0 radical (unpaired) electrons. The van der Waals surface area contributed by atoms with Crippen LogP contribution in [0.5, 0.6) is 17.2 Å². The molecule has 1 atom stereocenters. The van der Waals surface area contributed by atoms with E-state index in [-0.39, 0.29) is 18.9 Å². The molecule has 1 aliphatic heterocycles. The first kappa shape index (κ1) is 20.2. The van der Waals surface area contributed by atoms with Gasteiger partial charge in [0.15, 0.2) is 11.5 Å². The molecule has 8 heteroatoms. The molecule has 1 aliphatic rings. The summed E-state index contributed by atoms with van der Waals surface area (Å²) in [4.78, 5) is 37.9. The Kier molecular flexibility index (Phi) is 6.01. The fourth-order valence-electron chi connectivity index (χ4n) is 3.08. The minimum Gasteiger partial charge on any atom is -0.493 e. The fraction of sp³-hybridized carbons (Fsp3) is 0.286. The zero-order valence-corrected chi connectivity index (χ0v) is 16.3. The summed E-state index contributed by atoms with van der Waals surface area (Å²) in [6, 6.07) is 11.2. The number of hydrogen-bond donors (Lipinski definition) is 0. The standard InChI is InChI=1S/C21H21NO7/c1-26-17-9-6-15(11-18(17)27-2)22-12-14(10-19(22)23)21(25)29-16-7-4-13(5-8-16)20(24)28-3/h4-9,11,14H,10,12H2,1-3H3. The third-order valence-electron chi connectivity index (χ3n) is 4.63. The molecule has 0 N–H and O–H groups in total. The van der Waals surface area contributed by atoms with E-state index in [2.05, 4.69) is 4.74 Å². The van der Waals surface area contributed by atoms with Gasteiger partial charge in [0.1, 0.15) is 5.75 Å². The van der Waals surface area contributed by atoms with Gasteiger partial charge >= 0.3 is 11.9 Å². The van der Waals surface area contributed by atoms with Crippen LogP contribution in [0, 0.1) is 5.92 Å². The van der Waals surface area contributed by atoms with Gasteiger partial charge in [-0.1, -0.05) is 0 Å². The Balaban J connectivity index is 1.68. The first-order valence-corrected chi connectivity index (χ1v) is 8.89. The number of methoxy groups -OCH3 is 3. The van der Waals surface area contributed by atoms with Crippen molar-refractivity contribution in [3.8, 4) is 17.2 Å². The minimum absolute atomic E-state index is 0.0490. The molecule has 1 unspecified atom stereocenters. The van der Waals surface area contributed by atoms with Crippen LogP contribution < -0.4 is 19.1 Å². The summed E-state index contributed by atoms with van der Waals surface area (Å²) in [5.74, 6) is -0.429. The number of amides is 1. The first-order valence-electron chi connectivity index (χ1n) is 8.89. The molecule has 1 amide bonds. The second kappa shape index (κ2) is 8.64. The maximum Gasteiger partial charge on any atom is 0.337 e. The van der Waals surface area contributed by atoms with Crippen LogP contribution in [0.25, 0.3) is 0 Å². The number of ether oxygens (including phenoxy) is 4. The highest BCUT2D eigenvalue weighted by Crippen LogP contribution is 2.34. The van der Waals surface area contributed by atoms with Gasteiger partial charge in [-0.15, -0.1) is 0 Å². The predicted molar refractivity (Wildman–Crippen MR) is 103 cm³/mol. The second-order valence-corrected chi connectivity index (χ2v) is 6.38. The van der Waals surface area contributed by atoms with Gasteiger partial charge < -0.3 is 23.8 Å². The van der Waals surface area contributed by atoms with Crippen molar-refractivity contribution in [1.29, 1.82) is 0 Å². The molecule has 0 saturated carbocycles. The molecule has 0 spiro atoms. The number of carbonyl (C=O) groups excluding carboxylic acids is 3. The van der Waals surface area contributed by atoms with E-state index in [0.29, 0.717) is 28.5 Å². The topological polar surface area (TPSA) is 91.4 Å². The number of carbonyl (C=O) groups is 3. The van der Waals surface area contributed by atoms with Crippen LogP contribution in [0.15, 0.2) is 42.5 Å². The fourth-order valence-corrected chi connectivity index (χ4v) is 3.08. The number of rotatable bonds is 6. The highest BCUT2D eigenvalue weighted by molar-refractivity contribution is 6.00. The van der Waals surface area contributed by atoms with Crippen molar-refractivity contribution in [1.82, 2.24) is 0 Å². The van der Waals surface area contributed by atoms with Gasteiger partial charge in [-0.2, -0.15) is 0 Å². The van der Waals surface area contributed by atoms with Crippen LogP contribution >= 0.6 is 0 Å². The van der Waals surface area contributed by atoms with E-state index in [1.807, 2.05) is 0 Å². The van der Waals surface area contributed by atoms with E-state index in [1.165, 1.54) is 50.5 Å². The molecule has 1 saturated heterocycles. The summed E-state index contributed by atoms with van der Waals surface area (Å²) in [7, 11) is 4.33. The van der Waals surface area contributed by atoms with Crippen molar-refractivity contribution >= 4 is 23.5 Å². The zero-order valence-electron chi connectivity index (χ0n) is 16.3. The van der Waals surface area contributed by atoms with Crippen molar-refractivity contribution in [3.05, 3.63) is 48.0 Å². The monoisotopic (exact) mass is 399 g/mol. The van der Waals surface area contributed by atoms with Gasteiger partial charge in [-0.3, -0.25) is 9.59 Å². The van der Waals surface area contributed by atoms with E-state index < -0.39 is 17.9 Å². The Morgan fingerprint density at radius 3 is 2.28 bits per heavy atom. The predicted octanol–water partition coefficient (Wildman–Crippen LogP) is 2.45. The summed E-state index contributed by atoms with van der Waals surface area (Å²) in [5, 5.41) is 0. The maximum absolute atomic E-state index is 12.5. The average Bonchev–Trinajstić information content (AvgIpc) is 3.15. The molecule has 0 aliphatic carbocycles. The number of hydrogen-bond acceptors (Lipinski definition) is 7. The van der Waals surface area contributed by atoms with Crippen LogP contribution in [0.3, 0.4) is 0 Å². The Morgan fingerprint density at radius 1 is 0.966 bits per heavy atom. The van der Waals surface area contributed by atoms with E-state index in [1.54, 1.807) is 18.2 Å². The molecule has 0 bridgehead atoms. The minimum atomic E-state index is -0.601. The number of benzene rings is 2. The van der Waals surface area contributed by atoms with Crippen molar-refractivity contribution in [2.75, 3.05) is 32.8 Å². The summed E-state index contributed by atoms with van der Waals surface area (Å²) in [5.41, 5.74) is 0.966. The van der Waals surface area contributed by atoms with Crippen molar-refractivity contribution in [3.63, 3.8) is 0 Å². The highest BCUT2D eigenvalue weighted by Gasteiger charge is 2.36. The van der Waals surface area contributed by atoms with Crippen LogP contribution in [0.4, 0.5) is 5.69 Å². The van der Waals surface area contributed by atoms with Crippen LogP contribution in [0.1, 0.15) is 16.8 Å². The lowest BCUT2D eigenvalue weighted by molar-refractivity contribution is -0.139. The third kappa shape index (κ3) is 4.31. The van der Waals surface area contributed by atoms with Crippen molar-refractivity contribution < 1.29 is 33.3 Å². The number of nitrogens with zero attached hydrogens (tertiary/aromatic N) is 1. The van der Waals surface area contributed by atoms with Gasteiger partial charge in [0, 0.05) is 24.7 Å². The lowest BCUT2D eigenvalue weighted by atomic mass is 10.1. The van der Waals surface area contributed by atoms with E-state index >= 15 is 0 Å². The summed E-state index contributed by atoms with van der Waals surface area (Å²) < 4.78 is 20.5. The molecule has 2 aromatic carbocycles.